The number of esters is 1. The van der Waals surface area contributed by atoms with Crippen LogP contribution in [0.4, 0.5) is 21.9 Å². The number of non-ortho nitro benzene ring substituents is 1. The Morgan fingerprint density at radius 1 is 1.00 bits per heavy atom. The van der Waals surface area contributed by atoms with E-state index in [4.69, 9.17) is 4.74 Å². The van der Waals surface area contributed by atoms with Crippen molar-refractivity contribution in [3.8, 4) is 0 Å². The van der Waals surface area contributed by atoms with Crippen molar-refractivity contribution < 1.29 is 24.0 Å². The minimum atomic E-state index is -0.850. The van der Waals surface area contributed by atoms with Crippen LogP contribution in [0.3, 0.4) is 0 Å². The second-order valence-corrected chi connectivity index (χ2v) is 9.21. The van der Waals surface area contributed by atoms with E-state index < -0.39 is 28.9 Å². The molecule has 0 unspecified atom stereocenters. The molecule has 1 saturated carbocycles. The van der Waals surface area contributed by atoms with Gasteiger partial charge in [0.25, 0.3) is 11.6 Å². The molecule has 1 fully saturated rings. The molecule has 0 saturated heterocycles. The minimum absolute atomic E-state index is 0.00203. The highest BCUT2D eigenvalue weighted by Gasteiger charge is 2.32. The topological polar surface area (TPSA) is 140 Å². The van der Waals surface area contributed by atoms with E-state index in [9.17, 15) is 24.5 Å². The maximum absolute atomic E-state index is 13.2. The van der Waals surface area contributed by atoms with Crippen molar-refractivity contribution in [1.29, 1.82) is 0 Å². The van der Waals surface area contributed by atoms with Crippen LogP contribution in [0.5, 0.6) is 0 Å². The summed E-state index contributed by atoms with van der Waals surface area (Å²) in [6, 6.07) is 5.91. The van der Waals surface area contributed by atoms with E-state index in [0.29, 0.717) is 5.69 Å². The summed E-state index contributed by atoms with van der Waals surface area (Å²) in [6.45, 7) is 5.67. The van der Waals surface area contributed by atoms with Crippen LogP contribution in [0.1, 0.15) is 59.2 Å². The number of nitrogens with zero attached hydrogens (tertiary/aromatic N) is 1. The number of nitro groups is 1. The molecular formula is C26H32N4O6. The molecule has 1 aliphatic carbocycles. The lowest BCUT2D eigenvalue weighted by molar-refractivity contribution is -0.384. The van der Waals surface area contributed by atoms with Gasteiger partial charge in [0.15, 0.2) is 0 Å². The Bertz CT molecular complexity index is 1150. The Kier molecular flexibility index (Phi) is 8.63. The van der Waals surface area contributed by atoms with Crippen molar-refractivity contribution in [2.75, 3.05) is 17.7 Å². The summed E-state index contributed by atoms with van der Waals surface area (Å²) >= 11 is 0. The zero-order chi connectivity index (χ0) is 26.4. The van der Waals surface area contributed by atoms with Gasteiger partial charge in [0.2, 0.25) is 0 Å². The minimum Gasteiger partial charge on any atom is -0.467 e. The standard InChI is InChI=1S/C26H32N4O6/c1-15-12-16(2)22(17(3)13-15)29-26(33)27-21-14-19(30(34)35)10-11-20(21)24(31)28-23(25(32)36-4)18-8-6-5-7-9-18/h10-14,18,23H,5-9H2,1-4H3,(H,28,31)(H2,27,29,33)/t23-/m0/s1. The van der Waals surface area contributed by atoms with E-state index >= 15 is 0 Å². The maximum Gasteiger partial charge on any atom is 0.328 e. The highest BCUT2D eigenvalue weighted by atomic mass is 16.6. The fraction of sp³-hybridized carbons (Fsp3) is 0.423. The van der Waals surface area contributed by atoms with Gasteiger partial charge in [0.1, 0.15) is 6.04 Å². The fourth-order valence-electron chi connectivity index (χ4n) is 4.77. The van der Waals surface area contributed by atoms with Gasteiger partial charge in [-0.25, -0.2) is 9.59 Å². The summed E-state index contributed by atoms with van der Waals surface area (Å²) in [5.41, 5.74) is 3.03. The van der Waals surface area contributed by atoms with Gasteiger partial charge in [0.05, 0.1) is 23.3 Å². The number of urea groups is 1. The number of nitro benzene ring substituents is 1. The van der Waals surface area contributed by atoms with Crippen LogP contribution in [0.15, 0.2) is 30.3 Å². The van der Waals surface area contributed by atoms with E-state index in [-0.39, 0.29) is 22.9 Å². The Hall–Kier alpha value is -3.95. The molecule has 0 radical (unpaired) electrons. The monoisotopic (exact) mass is 496 g/mol. The number of amides is 3. The van der Waals surface area contributed by atoms with Crippen molar-refractivity contribution in [3.05, 3.63) is 62.7 Å². The molecule has 2 aromatic rings. The van der Waals surface area contributed by atoms with Gasteiger partial charge in [-0.3, -0.25) is 14.9 Å². The Labute approximate surface area is 209 Å². The first kappa shape index (κ1) is 26.7. The zero-order valence-corrected chi connectivity index (χ0v) is 21.0. The van der Waals surface area contributed by atoms with Crippen molar-refractivity contribution >= 4 is 35.0 Å². The zero-order valence-electron chi connectivity index (χ0n) is 21.0. The number of aryl methyl sites for hydroxylation is 3. The number of carbonyl (C=O) groups excluding carboxylic acids is 3. The van der Waals surface area contributed by atoms with Crippen molar-refractivity contribution in [3.63, 3.8) is 0 Å². The van der Waals surface area contributed by atoms with E-state index in [1.165, 1.54) is 19.2 Å². The van der Waals surface area contributed by atoms with Gasteiger partial charge in [-0.1, -0.05) is 37.0 Å². The summed E-state index contributed by atoms with van der Waals surface area (Å²) in [5, 5.41) is 19.4. The molecule has 10 heteroatoms. The van der Waals surface area contributed by atoms with Gasteiger partial charge in [-0.15, -0.1) is 0 Å². The lowest BCUT2D eigenvalue weighted by Gasteiger charge is -2.29. The number of hydrogen-bond donors (Lipinski definition) is 3. The third-order valence-corrected chi connectivity index (χ3v) is 6.49. The van der Waals surface area contributed by atoms with Crippen LogP contribution in [-0.4, -0.2) is 36.0 Å². The second-order valence-electron chi connectivity index (χ2n) is 9.21. The first-order valence-corrected chi connectivity index (χ1v) is 11.9. The van der Waals surface area contributed by atoms with Crippen LogP contribution < -0.4 is 16.0 Å². The van der Waals surface area contributed by atoms with Crippen molar-refractivity contribution in [1.82, 2.24) is 5.32 Å². The number of hydrogen-bond acceptors (Lipinski definition) is 6. The van der Waals surface area contributed by atoms with E-state index in [1.54, 1.807) is 0 Å². The molecule has 0 heterocycles. The SMILES string of the molecule is COC(=O)[C@@H](NC(=O)c1ccc([N+](=O)[O-])cc1NC(=O)Nc1c(C)cc(C)cc1C)C1CCCCC1. The highest BCUT2D eigenvalue weighted by Crippen LogP contribution is 2.29. The molecule has 2 aromatic carbocycles. The molecule has 3 amide bonds. The molecule has 192 valence electrons. The van der Waals surface area contributed by atoms with Crippen molar-refractivity contribution in [2.45, 2.75) is 58.9 Å². The number of methoxy groups -OCH3 is 1. The van der Waals surface area contributed by atoms with E-state index in [2.05, 4.69) is 16.0 Å². The number of anilines is 2. The highest BCUT2D eigenvalue weighted by molar-refractivity contribution is 6.08. The second kappa shape index (κ2) is 11.7. The third-order valence-electron chi connectivity index (χ3n) is 6.49. The van der Waals surface area contributed by atoms with Gasteiger partial charge in [0, 0.05) is 17.8 Å². The third kappa shape index (κ3) is 6.38. The van der Waals surface area contributed by atoms with Crippen LogP contribution in [0.2, 0.25) is 0 Å². The summed E-state index contributed by atoms with van der Waals surface area (Å²) in [7, 11) is 1.27. The van der Waals surface area contributed by atoms with Crippen LogP contribution in [0.25, 0.3) is 0 Å². The smallest absolute Gasteiger partial charge is 0.328 e. The van der Waals surface area contributed by atoms with Gasteiger partial charge in [-0.2, -0.15) is 0 Å². The Balaban J connectivity index is 1.87. The predicted octanol–water partition coefficient (Wildman–Crippen LogP) is 5.02. The number of nitrogens with one attached hydrogen (secondary N) is 3. The van der Waals surface area contributed by atoms with Crippen LogP contribution >= 0.6 is 0 Å². The molecule has 36 heavy (non-hydrogen) atoms. The number of ether oxygens (including phenoxy) is 1. The molecule has 0 aromatic heterocycles. The summed E-state index contributed by atoms with van der Waals surface area (Å²) in [6.07, 6.45) is 4.54. The molecular weight excluding hydrogens is 464 g/mol. The molecule has 1 aliphatic rings. The molecule has 10 nitrogen and oxygen atoms in total. The fourth-order valence-corrected chi connectivity index (χ4v) is 4.77. The molecule has 0 aliphatic heterocycles. The first-order valence-electron chi connectivity index (χ1n) is 11.9. The maximum atomic E-state index is 13.2. The number of benzene rings is 2. The first-order chi connectivity index (χ1) is 17.1. The average Bonchev–Trinajstić information content (AvgIpc) is 2.84. The number of carbonyl (C=O) groups is 3. The Morgan fingerprint density at radius 2 is 1.64 bits per heavy atom. The molecule has 1 atom stereocenters. The largest absolute Gasteiger partial charge is 0.467 e. The molecule has 3 N–H and O–H groups in total. The average molecular weight is 497 g/mol. The van der Waals surface area contributed by atoms with Crippen LogP contribution in [-0.2, 0) is 9.53 Å². The van der Waals surface area contributed by atoms with Gasteiger partial charge < -0.3 is 20.7 Å². The van der Waals surface area contributed by atoms with Gasteiger partial charge >= 0.3 is 12.0 Å². The summed E-state index contributed by atoms with van der Waals surface area (Å²) in [4.78, 5) is 49.3. The molecule has 0 spiro atoms. The molecule has 0 bridgehead atoms. The van der Waals surface area contributed by atoms with Crippen molar-refractivity contribution in [2.24, 2.45) is 5.92 Å². The molecule has 3 rings (SSSR count). The lowest BCUT2D eigenvalue weighted by Crippen LogP contribution is -2.47. The predicted molar refractivity (Wildman–Crippen MR) is 136 cm³/mol. The quantitative estimate of drug-likeness (QED) is 0.279. The van der Waals surface area contributed by atoms with Crippen LogP contribution in [0, 0.1) is 36.8 Å². The number of rotatable bonds is 7. The lowest BCUT2D eigenvalue weighted by atomic mass is 9.83. The van der Waals surface area contributed by atoms with Gasteiger partial charge in [-0.05, 0) is 56.7 Å². The summed E-state index contributed by atoms with van der Waals surface area (Å²) in [5.74, 6) is -1.25. The summed E-state index contributed by atoms with van der Waals surface area (Å²) < 4.78 is 4.92. The normalized spacial score (nSPS) is 14.4. The van der Waals surface area contributed by atoms with E-state index in [0.717, 1.165) is 54.9 Å². The van der Waals surface area contributed by atoms with E-state index in [1.807, 2.05) is 32.9 Å². The Morgan fingerprint density at radius 3 is 2.22 bits per heavy atom.